The first-order valence-corrected chi connectivity index (χ1v) is 5.63. The van der Waals surface area contributed by atoms with E-state index in [1.54, 1.807) is 0 Å². The monoisotopic (exact) mass is 218 g/mol. The minimum absolute atomic E-state index is 0.422. The van der Waals surface area contributed by atoms with Crippen LogP contribution in [0.15, 0.2) is 0 Å². The van der Waals surface area contributed by atoms with Gasteiger partial charge in [-0.2, -0.15) is 0 Å². The Kier molecular flexibility index (Phi) is 9.79. The second-order valence-corrected chi connectivity index (χ2v) is 4.66. The average Bonchev–Trinajstić information content (AvgIpc) is 2.02. The van der Waals surface area contributed by atoms with Crippen molar-refractivity contribution >= 4 is 5.97 Å². The highest BCUT2D eigenvalue weighted by atomic mass is 16.4. The summed E-state index contributed by atoms with van der Waals surface area (Å²) < 4.78 is 0. The zero-order valence-corrected chi connectivity index (χ0v) is 10.7. The Bertz CT molecular complexity index is 158. The number of carbonyl (C=O) groups is 1. The lowest BCUT2D eigenvalue weighted by molar-refractivity contribution is -0.134. The van der Waals surface area contributed by atoms with Gasteiger partial charge < -0.3 is 10.2 Å². The summed E-state index contributed by atoms with van der Waals surface area (Å²) in [5.41, 5.74) is -0.422. The normalized spacial score (nSPS) is 14.1. The topological polar surface area (TPSA) is 57.5 Å². The van der Waals surface area contributed by atoms with E-state index in [2.05, 4.69) is 13.8 Å². The second kappa shape index (κ2) is 8.72. The summed E-state index contributed by atoms with van der Waals surface area (Å²) in [6, 6.07) is 0. The molecule has 0 fully saturated rings. The maximum absolute atomic E-state index is 9.64. The smallest absolute Gasteiger partial charge is 0.300 e. The van der Waals surface area contributed by atoms with Crippen LogP contribution in [0.25, 0.3) is 0 Å². The molecule has 0 aliphatic rings. The molecule has 3 heteroatoms. The number of carboxylic acid groups (broad SMARTS) is 1. The average molecular weight is 218 g/mol. The van der Waals surface area contributed by atoms with Crippen molar-refractivity contribution in [1.82, 2.24) is 0 Å². The van der Waals surface area contributed by atoms with E-state index in [1.165, 1.54) is 6.42 Å². The van der Waals surface area contributed by atoms with Gasteiger partial charge in [-0.25, -0.2) is 0 Å². The molecular weight excluding hydrogens is 192 g/mol. The molecule has 0 aromatic rings. The number of aliphatic hydroxyl groups is 1. The fourth-order valence-corrected chi connectivity index (χ4v) is 1.07. The quantitative estimate of drug-likeness (QED) is 0.745. The Labute approximate surface area is 93.5 Å². The summed E-state index contributed by atoms with van der Waals surface area (Å²) in [6.45, 7) is 9.49. The molecular formula is C12H26O3. The van der Waals surface area contributed by atoms with Crippen LogP contribution in [-0.2, 0) is 4.79 Å². The summed E-state index contributed by atoms with van der Waals surface area (Å²) >= 11 is 0. The zero-order chi connectivity index (χ0) is 12.5. The predicted molar refractivity (Wildman–Crippen MR) is 62.9 cm³/mol. The number of rotatable bonds is 5. The van der Waals surface area contributed by atoms with Gasteiger partial charge in [0.05, 0.1) is 5.60 Å². The summed E-state index contributed by atoms with van der Waals surface area (Å²) in [6.07, 6.45) is 4.20. The Morgan fingerprint density at radius 1 is 1.40 bits per heavy atom. The van der Waals surface area contributed by atoms with E-state index in [9.17, 15) is 5.11 Å². The van der Waals surface area contributed by atoms with Gasteiger partial charge in [-0.15, -0.1) is 0 Å². The summed E-state index contributed by atoms with van der Waals surface area (Å²) in [4.78, 5) is 9.00. The molecule has 0 aliphatic carbocycles. The lowest BCUT2D eigenvalue weighted by Gasteiger charge is -2.21. The molecule has 0 heterocycles. The molecule has 0 bridgehead atoms. The first-order valence-electron chi connectivity index (χ1n) is 5.63. The minimum Gasteiger partial charge on any atom is -0.481 e. The second-order valence-electron chi connectivity index (χ2n) is 4.66. The van der Waals surface area contributed by atoms with Crippen molar-refractivity contribution in [2.75, 3.05) is 0 Å². The van der Waals surface area contributed by atoms with Crippen LogP contribution in [0, 0.1) is 5.92 Å². The van der Waals surface area contributed by atoms with Crippen LogP contribution in [0.5, 0.6) is 0 Å². The third-order valence-corrected chi connectivity index (χ3v) is 2.26. The largest absolute Gasteiger partial charge is 0.481 e. The Morgan fingerprint density at radius 2 is 1.80 bits per heavy atom. The van der Waals surface area contributed by atoms with Crippen LogP contribution in [-0.4, -0.2) is 21.8 Å². The van der Waals surface area contributed by atoms with Crippen molar-refractivity contribution in [3.8, 4) is 0 Å². The van der Waals surface area contributed by atoms with Gasteiger partial charge in [0.25, 0.3) is 5.97 Å². The molecule has 0 amide bonds. The Morgan fingerprint density at radius 3 is 2.07 bits per heavy atom. The van der Waals surface area contributed by atoms with Crippen LogP contribution in [0.2, 0.25) is 0 Å². The van der Waals surface area contributed by atoms with Crippen molar-refractivity contribution in [1.29, 1.82) is 0 Å². The molecule has 15 heavy (non-hydrogen) atoms. The zero-order valence-electron chi connectivity index (χ0n) is 10.7. The molecule has 1 unspecified atom stereocenters. The van der Waals surface area contributed by atoms with Crippen LogP contribution in [0.1, 0.15) is 60.3 Å². The van der Waals surface area contributed by atoms with Gasteiger partial charge in [0.2, 0.25) is 0 Å². The third-order valence-electron chi connectivity index (χ3n) is 2.26. The summed E-state index contributed by atoms with van der Waals surface area (Å²) in [5.74, 6) is -0.0670. The summed E-state index contributed by atoms with van der Waals surface area (Å²) in [7, 11) is 0. The summed E-state index contributed by atoms with van der Waals surface area (Å²) in [5, 5.41) is 17.1. The van der Waals surface area contributed by atoms with E-state index in [0.717, 1.165) is 32.1 Å². The highest BCUT2D eigenvalue weighted by Crippen LogP contribution is 2.18. The van der Waals surface area contributed by atoms with Crippen molar-refractivity contribution in [2.45, 2.75) is 65.9 Å². The van der Waals surface area contributed by atoms with Gasteiger partial charge >= 0.3 is 0 Å². The first-order chi connectivity index (χ1) is 6.71. The molecule has 0 aromatic carbocycles. The first kappa shape index (κ1) is 16.8. The number of aliphatic carboxylic acids is 1. The van der Waals surface area contributed by atoms with E-state index in [-0.39, 0.29) is 0 Å². The van der Waals surface area contributed by atoms with Crippen molar-refractivity contribution in [2.24, 2.45) is 5.92 Å². The third kappa shape index (κ3) is 19.7. The predicted octanol–water partition coefficient (Wildman–Crippen LogP) is 3.06. The number of carboxylic acids is 1. The maximum atomic E-state index is 9.64. The molecule has 0 aromatic heterocycles. The van der Waals surface area contributed by atoms with E-state index >= 15 is 0 Å². The molecule has 0 aliphatic heterocycles. The molecule has 92 valence electrons. The van der Waals surface area contributed by atoms with E-state index < -0.39 is 11.6 Å². The van der Waals surface area contributed by atoms with Crippen LogP contribution in [0.4, 0.5) is 0 Å². The molecule has 2 N–H and O–H groups in total. The molecule has 0 spiro atoms. The Hall–Kier alpha value is -0.570. The van der Waals surface area contributed by atoms with E-state index in [0.29, 0.717) is 0 Å². The number of hydrogen-bond donors (Lipinski definition) is 2. The fourth-order valence-electron chi connectivity index (χ4n) is 1.07. The van der Waals surface area contributed by atoms with Crippen molar-refractivity contribution in [3.63, 3.8) is 0 Å². The molecule has 1 atom stereocenters. The SMILES string of the molecule is CC(=O)O.CCC(C)(O)CCCC(C)C. The Balaban J connectivity index is 0. The van der Waals surface area contributed by atoms with Gasteiger partial charge in [-0.1, -0.05) is 33.6 Å². The van der Waals surface area contributed by atoms with E-state index in [1.807, 2.05) is 13.8 Å². The van der Waals surface area contributed by atoms with Gasteiger partial charge in [0.1, 0.15) is 0 Å². The van der Waals surface area contributed by atoms with E-state index in [4.69, 9.17) is 9.90 Å². The lowest BCUT2D eigenvalue weighted by Crippen LogP contribution is -2.22. The standard InChI is InChI=1S/C10H22O.C2H4O2/c1-5-10(4,11)8-6-7-9(2)3;1-2(3)4/h9,11H,5-8H2,1-4H3;1H3,(H,3,4). The lowest BCUT2D eigenvalue weighted by atomic mass is 9.94. The minimum atomic E-state index is -0.833. The van der Waals surface area contributed by atoms with Crippen molar-refractivity contribution < 1.29 is 15.0 Å². The highest BCUT2D eigenvalue weighted by molar-refractivity contribution is 5.62. The van der Waals surface area contributed by atoms with Crippen LogP contribution < -0.4 is 0 Å². The van der Waals surface area contributed by atoms with Crippen LogP contribution in [0.3, 0.4) is 0 Å². The van der Waals surface area contributed by atoms with Crippen LogP contribution >= 0.6 is 0 Å². The van der Waals surface area contributed by atoms with Gasteiger partial charge in [-0.05, 0) is 25.7 Å². The maximum Gasteiger partial charge on any atom is 0.300 e. The molecule has 0 saturated heterocycles. The van der Waals surface area contributed by atoms with Crippen molar-refractivity contribution in [3.05, 3.63) is 0 Å². The van der Waals surface area contributed by atoms with Gasteiger partial charge in [0, 0.05) is 6.92 Å². The molecule has 0 rings (SSSR count). The number of hydrogen-bond acceptors (Lipinski definition) is 2. The van der Waals surface area contributed by atoms with Gasteiger partial charge in [0.15, 0.2) is 0 Å². The molecule has 3 nitrogen and oxygen atoms in total. The molecule has 0 radical (unpaired) electrons. The fraction of sp³-hybridized carbons (Fsp3) is 0.917. The molecule has 0 saturated carbocycles. The highest BCUT2D eigenvalue weighted by Gasteiger charge is 2.16. The van der Waals surface area contributed by atoms with Gasteiger partial charge in [-0.3, -0.25) is 4.79 Å².